The largest absolute Gasteiger partial charge is 0.314 e. The molecular formula is C11H21N5. The Balaban J connectivity index is 1.75. The van der Waals surface area contributed by atoms with Gasteiger partial charge in [0, 0.05) is 25.3 Å². The van der Waals surface area contributed by atoms with Crippen LogP contribution in [0.25, 0.3) is 0 Å². The molecule has 0 aromatic carbocycles. The lowest BCUT2D eigenvalue weighted by Crippen LogP contribution is -2.38. The molecule has 0 amide bonds. The fourth-order valence-electron chi connectivity index (χ4n) is 1.98. The molecule has 5 nitrogen and oxygen atoms in total. The number of aromatic nitrogens is 3. The van der Waals surface area contributed by atoms with Crippen molar-refractivity contribution in [3.8, 4) is 0 Å². The molecule has 5 heteroatoms. The lowest BCUT2D eigenvalue weighted by Gasteiger charge is -2.34. The third-order valence-electron chi connectivity index (χ3n) is 3.32. The predicted octanol–water partition coefficient (Wildman–Crippen LogP) is 0.482. The summed E-state index contributed by atoms with van der Waals surface area (Å²) in [7, 11) is 4.12. The summed E-state index contributed by atoms with van der Waals surface area (Å²) in [6.45, 7) is 2.79. The van der Waals surface area contributed by atoms with Crippen LogP contribution in [-0.2, 0) is 13.1 Å². The molecular weight excluding hydrogens is 202 g/mol. The maximum Gasteiger partial charge on any atom is 0.0964 e. The van der Waals surface area contributed by atoms with Gasteiger partial charge in [0.15, 0.2) is 0 Å². The Morgan fingerprint density at radius 1 is 1.56 bits per heavy atom. The quantitative estimate of drug-likeness (QED) is 0.762. The van der Waals surface area contributed by atoms with Crippen molar-refractivity contribution in [3.63, 3.8) is 0 Å². The Morgan fingerprint density at radius 2 is 2.38 bits per heavy atom. The Bertz CT molecular complexity index is 318. The summed E-state index contributed by atoms with van der Waals surface area (Å²) in [5.74, 6) is 0. The van der Waals surface area contributed by atoms with Crippen LogP contribution >= 0.6 is 0 Å². The summed E-state index contributed by atoms with van der Waals surface area (Å²) in [5.41, 5.74) is 1.01. The molecule has 1 saturated carbocycles. The SMILES string of the molecule is CNCc1cn(CCN(C)C2CCC2)nn1. The van der Waals surface area contributed by atoms with Gasteiger partial charge in [0.25, 0.3) is 0 Å². The fraction of sp³-hybridized carbons (Fsp3) is 0.818. The van der Waals surface area contributed by atoms with Crippen LogP contribution in [-0.4, -0.2) is 46.6 Å². The smallest absolute Gasteiger partial charge is 0.0964 e. The Kier molecular flexibility index (Phi) is 3.90. The van der Waals surface area contributed by atoms with Gasteiger partial charge in [-0.3, -0.25) is 4.68 Å². The van der Waals surface area contributed by atoms with Gasteiger partial charge in [0.1, 0.15) is 0 Å². The number of hydrogen-bond donors (Lipinski definition) is 1. The van der Waals surface area contributed by atoms with Gasteiger partial charge in [-0.05, 0) is 26.9 Å². The zero-order valence-electron chi connectivity index (χ0n) is 10.2. The molecule has 1 heterocycles. The molecule has 1 aliphatic rings. The van der Waals surface area contributed by atoms with Crippen molar-refractivity contribution >= 4 is 0 Å². The third kappa shape index (κ3) is 2.80. The maximum absolute atomic E-state index is 4.11. The van der Waals surface area contributed by atoms with Crippen LogP contribution in [0.15, 0.2) is 6.20 Å². The number of likely N-dealkylation sites (N-methyl/N-ethyl adjacent to an activating group) is 1. The van der Waals surface area contributed by atoms with Crippen molar-refractivity contribution in [1.82, 2.24) is 25.2 Å². The molecule has 2 rings (SSSR count). The minimum absolute atomic E-state index is 0.790. The molecule has 1 aliphatic carbocycles. The van der Waals surface area contributed by atoms with Gasteiger partial charge in [0.05, 0.1) is 12.2 Å². The van der Waals surface area contributed by atoms with E-state index >= 15 is 0 Å². The summed E-state index contributed by atoms with van der Waals surface area (Å²) < 4.78 is 1.93. The number of hydrogen-bond acceptors (Lipinski definition) is 4. The lowest BCUT2D eigenvalue weighted by molar-refractivity contribution is 0.153. The molecule has 0 aliphatic heterocycles. The summed E-state index contributed by atoms with van der Waals surface area (Å²) in [4.78, 5) is 2.43. The molecule has 90 valence electrons. The van der Waals surface area contributed by atoms with Crippen molar-refractivity contribution in [1.29, 1.82) is 0 Å². The molecule has 0 atom stereocenters. The molecule has 1 aromatic rings. The highest BCUT2D eigenvalue weighted by molar-refractivity contribution is 4.91. The third-order valence-corrected chi connectivity index (χ3v) is 3.32. The molecule has 16 heavy (non-hydrogen) atoms. The van der Waals surface area contributed by atoms with Crippen LogP contribution in [0.5, 0.6) is 0 Å². The second-order valence-corrected chi connectivity index (χ2v) is 4.57. The molecule has 1 fully saturated rings. The van der Waals surface area contributed by atoms with Gasteiger partial charge in [-0.2, -0.15) is 0 Å². The van der Waals surface area contributed by atoms with Gasteiger partial charge in [-0.1, -0.05) is 11.6 Å². The van der Waals surface area contributed by atoms with Crippen LogP contribution in [0.1, 0.15) is 25.0 Å². The van der Waals surface area contributed by atoms with E-state index in [1.165, 1.54) is 19.3 Å². The minimum atomic E-state index is 0.790. The van der Waals surface area contributed by atoms with E-state index in [0.29, 0.717) is 0 Å². The van der Waals surface area contributed by atoms with E-state index in [-0.39, 0.29) is 0 Å². The van der Waals surface area contributed by atoms with Crippen molar-refractivity contribution in [3.05, 3.63) is 11.9 Å². The Labute approximate surface area is 96.8 Å². The number of nitrogens with one attached hydrogen (secondary N) is 1. The number of nitrogens with zero attached hydrogens (tertiary/aromatic N) is 4. The van der Waals surface area contributed by atoms with Crippen molar-refractivity contribution in [2.75, 3.05) is 20.6 Å². The lowest BCUT2D eigenvalue weighted by atomic mass is 9.92. The zero-order chi connectivity index (χ0) is 11.4. The fourth-order valence-corrected chi connectivity index (χ4v) is 1.98. The highest BCUT2D eigenvalue weighted by Crippen LogP contribution is 2.23. The van der Waals surface area contributed by atoms with Crippen LogP contribution in [0, 0.1) is 0 Å². The minimum Gasteiger partial charge on any atom is -0.314 e. The second-order valence-electron chi connectivity index (χ2n) is 4.57. The topological polar surface area (TPSA) is 46.0 Å². The monoisotopic (exact) mass is 223 g/mol. The van der Waals surface area contributed by atoms with Gasteiger partial charge >= 0.3 is 0 Å². The molecule has 0 radical (unpaired) electrons. The first-order valence-electron chi connectivity index (χ1n) is 6.03. The molecule has 0 unspecified atom stereocenters. The van der Waals surface area contributed by atoms with Crippen LogP contribution in [0.4, 0.5) is 0 Å². The highest BCUT2D eigenvalue weighted by atomic mass is 15.4. The average Bonchev–Trinajstić information content (AvgIpc) is 2.61. The first-order chi connectivity index (χ1) is 7.79. The maximum atomic E-state index is 4.11. The van der Waals surface area contributed by atoms with E-state index in [0.717, 1.165) is 31.4 Å². The Hall–Kier alpha value is -0.940. The zero-order valence-corrected chi connectivity index (χ0v) is 10.2. The summed E-state index contributed by atoms with van der Waals surface area (Å²) in [6.07, 6.45) is 6.13. The standard InChI is InChI=1S/C11H21N5/c1-12-8-10-9-16(14-13-10)7-6-15(2)11-4-3-5-11/h9,11-12H,3-8H2,1-2H3. The molecule has 0 bridgehead atoms. The van der Waals surface area contributed by atoms with Crippen LogP contribution < -0.4 is 5.32 Å². The first-order valence-corrected chi connectivity index (χ1v) is 6.03. The van der Waals surface area contributed by atoms with E-state index in [9.17, 15) is 0 Å². The molecule has 1 aromatic heterocycles. The van der Waals surface area contributed by atoms with Crippen molar-refractivity contribution < 1.29 is 0 Å². The predicted molar refractivity (Wildman–Crippen MR) is 63.1 cm³/mol. The van der Waals surface area contributed by atoms with Gasteiger partial charge in [-0.25, -0.2) is 0 Å². The second kappa shape index (κ2) is 5.41. The normalized spacial score (nSPS) is 16.7. The van der Waals surface area contributed by atoms with Gasteiger partial charge in [0.2, 0.25) is 0 Å². The van der Waals surface area contributed by atoms with Crippen molar-refractivity contribution in [2.24, 2.45) is 0 Å². The van der Waals surface area contributed by atoms with Crippen LogP contribution in [0.3, 0.4) is 0 Å². The van der Waals surface area contributed by atoms with Crippen LogP contribution in [0.2, 0.25) is 0 Å². The Morgan fingerprint density at radius 3 is 3.00 bits per heavy atom. The van der Waals surface area contributed by atoms with E-state index in [2.05, 4.69) is 27.6 Å². The van der Waals surface area contributed by atoms with E-state index in [1.54, 1.807) is 0 Å². The average molecular weight is 223 g/mol. The summed E-state index contributed by atoms with van der Waals surface area (Å²) in [6, 6.07) is 0.806. The van der Waals surface area contributed by atoms with Gasteiger partial charge in [-0.15, -0.1) is 5.10 Å². The first kappa shape index (κ1) is 11.5. The summed E-state index contributed by atoms with van der Waals surface area (Å²) in [5, 5.41) is 11.3. The van der Waals surface area contributed by atoms with E-state index < -0.39 is 0 Å². The summed E-state index contributed by atoms with van der Waals surface area (Å²) >= 11 is 0. The molecule has 1 N–H and O–H groups in total. The van der Waals surface area contributed by atoms with E-state index in [1.807, 2.05) is 17.9 Å². The highest BCUT2D eigenvalue weighted by Gasteiger charge is 2.21. The molecule has 0 saturated heterocycles. The number of rotatable bonds is 6. The van der Waals surface area contributed by atoms with E-state index in [4.69, 9.17) is 0 Å². The molecule has 0 spiro atoms. The van der Waals surface area contributed by atoms with Gasteiger partial charge < -0.3 is 10.2 Å². The van der Waals surface area contributed by atoms with Crippen molar-refractivity contribution in [2.45, 2.75) is 38.4 Å².